The second-order valence-corrected chi connectivity index (χ2v) is 9.96. The van der Waals surface area contributed by atoms with Gasteiger partial charge in [0.05, 0.1) is 5.52 Å². The highest BCUT2D eigenvalue weighted by atomic mass is 35.5. The zero-order chi connectivity index (χ0) is 23.9. The Kier molecular flexibility index (Phi) is 8.37. The third-order valence-corrected chi connectivity index (χ3v) is 6.65. The number of carbonyl (C=O) groups is 1. The zero-order valence-electron chi connectivity index (χ0n) is 19.5. The first-order valence-electron chi connectivity index (χ1n) is 11.4. The molecule has 2 aromatic carbocycles. The Labute approximate surface area is 208 Å². The molecule has 0 bridgehead atoms. The molecule has 9 heteroatoms. The molecule has 1 N–H and O–H groups in total. The average Bonchev–Trinajstić information content (AvgIpc) is 3.12. The van der Waals surface area contributed by atoms with Crippen LogP contribution in [-0.4, -0.2) is 63.5 Å². The van der Waals surface area contributed by atoms with Gasteiger partial charge < -0.3 is 14.8 Å². The fourth-order valence-electron chi connectivity index (χ4n) is 3.79. The Morgan fingerprint density at radius 3 is 2.79 bits per heavy atom. The van der Waals surface area contributed by atoms with Crippen molar-refractivity contribution in [3.8, 4) is 0 Å². The van der Waals surface area contributed by atoms with Gasteiger partial charge in [0.2, 0.25) is 11.1 Å². The van der Waals surface area contributed by atoms with Gasteiger partial charge in [-0.2, -0.15) is 0 Å². The second-order valence-electron chi connectivity index (χ2n) is 8.46. The van der Waals surface area contributed by atoms with Crippen LogP contribution in [0.1, 0.15) is 24.8 Å². The van der Waals surface area contributed by atoms with Crippen LogP contribution < -0.4 is 5.32 Å². The molecule has 34 heavy (non-hydrogen) atoms. The smallest absolute Gasteiger partial charge is 0.220 e. The standard InChI is InChI=1S/C25H29ClN6OS/c1-31(2)14-13-27-22(33)12-5-6-15-34-25-28-24-23(29-30-25)20-10-3-4-11-21(20)32(24)17-18-8-7-9-19(26)16-18/h3-4,7-11,16H,5-6,12-15,17H2,1-2H3,(H,27,33). The van der Waals surface area contributed by atoms with Crippen molar-refractivity contribution >= 4 is 51.3 Å². The van der Waals surface area contributed by atoms with Gasteiger partial charge in [0.15, 0.2) is 5.65 Å². The van der Waals surface area contributed by atoms with Crippen LogP contribution in [0.3, 0.4) is 0 Å². The molecule has 0 unspecified atom stereocenters. The number of nitrogens with one attached hydrogen (secondary N) is 1. The van der Waals surface area contributed by atoms with E-state index < -0.39 is 0 Å². The molecule has 0 saturated carbocycles. The number of rotatable bonds is 11. The minimum absolute atomic E-state index is 0.108. The van der Waals surface area contributed by atoms with E-state index >= 15 is 0 Å². The van der Waals surface area contributed by atoms with Gasteiger partial charge in [-0.1, -0.05) is 53.7 Å². The summed E-state index contributed by atoms with van der Waals surface area (Å²) in [5, 5.41) is 14.2. The molecule has 2 aromatic heterocycles. The third-order valence-electron chi connectivity index (χ3n) is 5.49. The maximum Gasteiger partial charge on any atom is 0.220 e. The highest BCUT2D eigenvalue weighted by Gasteiger charge is 2.15. The topological polar surface area (TPSA) is 75.9 Å². The van der Waals surface area contributed by atoms with Crippen molar-refractivity contribution in [2.45, 2.75) is 31.0 Å². The van der Waals surface area contributed by atoms with E-state index in [1.54, 1.807) is 11.8 Å². The average molecular weight is 497 g/mol. The van der Waals surface area contributed by atoms with Crippen molar-refractivity contribution in [3.05, 3.63) is 59.1 Å². The molecule has 0 radical (unpaired) electrons. The van der Waals surface area contributed by atoms with E-state index in [1.165, 1.54) is 0 Å². The summed E-state index contributed by atoms with van der Waals surface area (Å²) >= 11 is 7.79. The van der Waals surface area contributed by atoms with Crippen LogP contribution in [0.4, 0.5) is 0 Å². The van der Waals surface area contributed by atoms with E-state index in [0.717, 1.165) is 52.8 Å². The van der Waals surface area contributed by atoms with Gasteiger partial charge in [-0.25, -0.2) is 4.98 Å². The van der Waals surface area contributed by atoms with Crippen LogP contribution in [0, 0.1) is 0 Å². The van der Waals surface area contributed by atoms with Crippen LogP contribution in [0.2, 0.25) is 5.02 Å². The fourth-order valence-corrected chi connectivity index (χ4v) is 4.78. The van der Waals surface area contributed by atoms with Gasteiger partial charge in [0, 0.05) is 42.2 Å². The number of fused-ring (bicyclic) bond motifs is 3. The zero-order valence-corrected chi connectivity index (χ0v) is 21.1. The lowest BCUT2D eigenvalue weighted by Gasteiger charge is -2.10. The largest absolute Gasteiger partial charge is 0.355 e. The summed E-state index contributed by atoms with van der Waals surface area (Å²) in [5.41, 5.74) is 3.80. The summed E-state index contributed by atoms with van der Waals surface area (Å²) in [6, 6.07) is 16.0. The Balaban J connectivity index is 1.42. The predicted octanol–water partition coefficient (Wildman–Crippen LogP) is 4.62. The summed E-state index contributed by atoms with van der Waals surface area (Å²) in [6.45, 7) is 2.18. The van der Waals surface area contributed by atoms with Gasteiger partial charge in [-0.3, -0.25) is 4.79 Å². The van der Waals surface area contributed by atoms with E-state index in [1.807, 2.05) is 44.4 Å². The van der Waals surface area contributed by atoms with Gasteiger partial charge in [0.1, 0.15) is 5.52 Å². The number of aromatic nitrogens is 4. The van der Waals surface area contributed by atoms with E-state index in [9.17, 15) is 4.79 Å². The highest BCUT2D eigenvalue weighted by molar-refractivity contribution is 7.99. The van der Waals surface area contributed by atoms with Crippen LogP contribution in [0.15, 0.2) is 53.7 Å². The summed E-state index contributed by atoms with van der Waals surface area (Å²) < 4.78 is 2.17. The van der Waals surface area contributed by atoms with Crippen molar-refractivity contribution < 1.29 is 4.79 Å². The number of carbonyl (C=O) groups excluding carboxylic acids is 1. The number of para-hydroxylation sites is 1. The molecule has 178 valence electrons. The molecular weight excluding hydrogens is 468 g/mol. The molecule has 0 atom stereocenters. The first kappa shape index (κ1) is 24.4. The van der Waals surface area contributed by atoms with Gasteiger partial charge in [-0.15, -0.1) is 10.2 Å². The number of benzene rings is 2. The molecule has 1 amide bonds. The number of thioether (sulfide) groups is 1. The van der Waals surface area contributed by atoms with Crippen molar-refractivity contribution in [1.82, 2.24) is 30.0 Å². The maximum atomic E-state index is 11.9. The summed E-state index contributed by atoms with van der Waals surface area (Å²) in [4.78, 5) is 18.8. The normalized spacial score (nSPS) is 11.5. The van der Waals surface area contributed by atoms with Crippen molar-refractivity contribution in [3.63, 3.8) is 0 Å². The number of unbranched alkanes of at least 4 members (excludes halogenated alkanes) is 1. The number of nitrogens with zero attached hydrogens (tertiary/aromatic N) is 5. The van der Waals surface area contributed by atoms with E-state index in [2.05, 4.69) is 43.2 Å². The third kappa shape index (κ3) is 6.25. The van der Waals surface area contributed by atoms with E-state index in [0.29, 0.717) is 29.7 Å². The Hall–Kier alpha value is -2.68. The van der Waals surface area contributed by atoms with Crippen LogP contribution >= 0.6 is 23.4 Å². The molecular formula is C25H29ClN6OS. The quantitative estimate of drug-likeness (QED) is 0.241. The molecule has 4 rings (SSSR count). The molecule has 4 aromatic rings. The van der Waals surface area contributed by atoms with Gasteiger partial charge in [-0.05, 0) is 50.7 Å². The lowest BCUT2D eigenvalue weighted by Crippen LogP contribution is -2.31. The maximum absolute atomic E-state index is 11.9. The molecule has 0 aliphatic carbocycles. The molecule has 7 nitrogen and oxygen atoms in total. The predicted molar refractivity (Wildman–Crippen MR) is 140 cm³/mol. The number of halogens is 1. The number of amides is 1. The number of hydrogen-bond donors (Lipinski definition) is 1. The number of likely N-dealkylation sites (N-methyl/N-ethyl adjacent to an activating group) is 1. The lowest BCUT2D eigenvalue weighted by molar-refractivity contribution is -0.121. The van der Waals surface area contributed by atoms with Crippen molar-refractivity contribution in [2.24, 2.45) is 0 Å². The van der Waals surface area contributed by atoms with Crippen LogP contribution in [0.5, 0.6) is 0 Å². The second kappa shape index (κ2) is 11.6. The molecule has 0 aliphatic heterocycles. The molecule has 0 saturated heterocycles. The molecule has 0 aliphatic rings. The molecule has 2 heterocycles. The summed E-state index contributed by atoms with van der Waals surface area (Å²) in [6.07, 6.45) is 2.30. The van der Waals surface area contributed by atoms with Crippen molar-refractivity contribution in [1.29, 1.82) is 0 Å². The minimum atomic E-state index is 0.108. The monoisotopic (exact) mass is 496 g/mol. The van der Waals surface area contributed by atoms with Crippen molar-refractivity contribution in [2.75, 3.05) is 32.9 Å². The first-order valence-corrected chi connectivity index (χ1v) is 12.8. The van der Waals surface area contributed by atoms with E-state index in [4.69, 9.17) is 16.6 Å². The summed E-state index contributed by atoms with van der Waals surface area (Å²) in [7, 11) is 3.99. The minimum Gasteiger partial charge on any atom is -0.355 e. The molecule has 0 fully saturated rings. The first-order chi connectivity index (χ1) is 16.5. The van der Waals surface area contributed by atoms with Gasteiger partial charge >= 0.3 is 0 Å². The Morgan fingerprint density at radius 2 is 1.97 bits per heavy atom. The highest BCUT2D eigenvalue weighted by Crippen LogP contribution is 2.28. The van der Waals surface area contributed by atoms with E-state index in [-0.39, 0.29) is 5.91 Å². The van der Waals surface area contributed by atoms with Gasteiger partial charge in [0.25, 0.3) is 0 Å². The number of hydrogen-bond acceptors (Lipinski definition) is 6. The van der Waals surface area contributed by atoms with Crippen LogP contribution in [-0.2, 0) is 11.3 Å². The Bertz CT molecular complexity index is 1270. The fraction of sp³-hybridized carbons (Fsp3) is 0.360. The SMILES string of the molecule is CN(C)CCNC(=O)CCCCSc1nnc2c3ccccc3n(Cc3cccc(Cl)c3)c2n1. The lowest BCUT2D eigenvalue weighted by atomic mass is 10.2. The van der Waals surface area contributed by atoms with Crippen LogP contribution in [0.25, 0.3) is 22.1 Å². The molecule has 0 spiro atoms. The Morgan fingerprint density at radius 1 is 1.12 bits per heavy atom. The summed E-state index contributed by atoms with van der Waals surface area (Å²) in [5.74, 6) is 0.948.